The number of nitrogens with zero attached hydrogens (tertiary/aromatic N) is 5. The fraction of sp³-hybridized carbons (Fsp3) is 0.324. The van der Waals surface area contributed by atoms with Crippen LogP contribution >= 0.6 is 0 Å². The Balaban J connectivity index is 1.21. The van der Waals surface area contributed by atoms with Crippen molar-refractivity contribution in [3.8, 4) is 17.1 Å². The first-order valence-corrected chi connectivity index (χ1v) is 15.2. The van der Waals surface area contributed by atoms with Crippen molar-refractivity contribution in [2.75, 3.05) is 49.6 Å². The predicted octanol–water partition coefficient (Wildman–Crippen LogP) is 4.42. The van der Waals surface area contributed by atoms with Gasteiger partial charge in [-0.15, -0.1) is 0 Å². The predicted molar refractivity (Wildman–Crippen MR) is 170 cm³/mol. The van der Waals surface area contributed by atoms with Gasteiger partial charge in [0.25, 0.3) is 0 Å². The Morgan fingerprint density at radius 1 is 0.956 bits per heavy atom. The molecular formula is C34H36N6O5. The number of hydrogen-bond acceptors (Lipinski definition) is 10. The summed E-state index contributed by atoms with van der Waals surface area (Å²) in [4.78, 5) is 42.3. The van der Waals surface area contributed by atoms with E-state index in [4.69, 9.17) is 9.47 Å². The molecule has 1 aromatic heterocycles. The van der Waals surface area contributed by atoms with Gasteiger partial charge in [0.1, 0.15) is 24.3 Å². The quantitative estimate of drug-likeness (QED) is 0.263. The van der Waals surface area contributed by atoms with E-state index in [2.05, 4.69) is 25.2 Å². The Hall–Kier alpha value is -4.87. The van der Waals surface area contributed by atoms with Gasteiger partial charge < -0.3 is 29.7 Å². The topological polar surface area (TPSA) is 130 Å². The van der Waals surface area contributed by atoms with Crippen LogP contribution in [-0.4, -0.2) is 82.1 Å². The number of aromatic nitrogens is 3. The van der Waals surface area contributed by atoms with Crippen molar-refractivity contribution < 1.29 is 24.2 Å². The smallest absolute Gasteiger partial charge is 0.230 e. The van der Waals surface area contributed by atoms with Crippen LogP contribution in [0.4, 0.5) is 17.3 Å². The SMILES string of the molecule is CC(=O)N1CCN(c2ccc(Nc3ncnc(-c4ccc(OC5CCOCC5)c(C(O)C(=O)c5ccccc5)c4)n3)cc2)CC1. The maximum absolute atomic E-state index is 13.3. The first-order chi connectivity index (χ1) is 21.9. The summed E-state index contributed by atoms with van der Waals surface area (Å²) in [7, 11) is 0. The Morgan fingerprint density at radius 2 is 1.69 bits per heavy atom. The highest BCUT2D eigenvalue weighted by Gasteiger charge is 2.26. The van der Waals surface area contributed by atoms with Crippen LogP contribution in [0.3, 0.4) is 0 Å². The number of aliphatic hydroxyl groups is 1. The van der Waals surface area contributed by atoms with Crippen LogP contribution in [0, 0.1) is 0 Å². The van der Waals surface area contributed by atoms with Gasteiger partial charge in [-0.2, -0.15) is 4.98 Å². The van der Waals surface area contributed by atoms with Gasteiger partial charge in [0.05, 0.1) is 13.2 Å². The van der Waals surface area contributed by atoms with Crippen LogP contribution in [0.1, 0.15) is 41.8 Å². The average molecular weight is 609 g/mol. The van der Waals surface area contributed by atoms with Crippen LogP contribution in [0.5, 0.6) is 5.75 Å². The molecule has 45 heavy (non-hydrogen) atoms. The van der Waals surface area contributed by atoms with E-state index in [1.807, 2.05) is 41.3 Å². The van der Waals surface area contributed by atoms with Gasteiger partial charge in [-0.3, -0.25) is 9.59 Å². The highest BCUT2D eigenvalue weighted by molar-refractivity contribution is 6.00. The molecule has 1 amide bonds. The fourth-order valence-corrected chi connectivity index (χ4v) is 5.54. The molecule has 2 aliphatic heterocycles. The summed E-state index contributed by atoms with van der Waals surface area (Å²) < 4.78 is 11.7. The standard InChI is InChI=1S/C34H36N6O5/c1-23(41)39-15-17-40(18-16-39)27-10-8-26(9-11-27)37-34-36-22-35-33(38-34)25-7-12-30(45-28-13-19-44-20-14-28)29(21-25)32(43)31(42)24-5-3-2-4-6-24/h2-12,21-22,28,32,43H,13-20H2,1H3,(H,35,36,37,38). The first kappa shape index (κ1) is 30.2. The van der Waals surface area contributed by atoms with Crippen LogP contribution in [0.15, 0.2) is 79.1 Å². The van der Waals surface area contributed by atoms with Crippen LogP contribution in [0.25, 0.3) is 11.4 Å². The van der Waals surface area contributed by atoms with Gasteiger partial charge in [-0.25, -0.2) is 9.97 Å². The fourth-order valence-electron chi connectivity index (χ4n) is 5.54. The number of Topliss-reactive ketones (excluding diaryl/α,β-unsaturated/α-hetero) is 1. The van der Waals surface area contributed by atoms with Gasteiger partial charge in [-0.1, -0.05) is 30.3 Å². The molecule has 2 aliphatic rings. The Morgan fingerprint density at radius 3 is 2.40 bits per heavy atom. The summed E-state index contributed by atoms with van der Waals surface area (Å²) >= 11 is 0. The molecule has 0 bridgehead atoms. The molecular weight excluding hydrogens is 572 g/mol. The number of amides is 1. The molecule has 0 saturated carbocycles. The molecule has 2 saturated heterocycles. The number of anilines is 3. The molecule has 1 unspecified atom stereocenters. The summed E-state index contributed by atoms with van der Waals surface area (Å²) in [6.07, 6.45) is 1.36. The lowest BCUT2D eigenvalue weighted by atomic mass is 9.97. The maximum atomic E-state index is 13.3. The summed E-state index contributed by atoms with van der Waals surface area (Å²) in [5.41, 5.74) is 3.25. The minimum Gasteiger partial charge on any atom is -0.490 e. The molecule has 11 nitrogen and oxygen atoms in total. The summed E-state index contributed by atoms with van der Waals surface area (Å²) in [6.45, 7) is 5.81. The van der Waals surface area contributed by atoms with Crippen molar-refractivity contribution >= 4 is 29.0 Å². The molecule has 2 fully saturated rings. The molecule has 6 rings (SSSR count). The third-order valence-corrected chi connectivity index (χ3v) is 8.12. The van der Waals surface area contributed by atoms with Gasteiger partial charge in [0, 0.05) is 74.0 Å². The Kier molecular flexibility index (Phi) is 9.27. The second kappa shape index (κ2) is 13.8. The van der Waals surface area contributed by atoms with Crippen molar-refractivity contribution in [3.05, 3.63) is 90.3 Å². The van der Waals surface area contributed by atoms with Crippen molar-refractivity contribution in [1.29, 1.82) is 0 Å². The molecule has 4 aromatic rings. The Labute approximate surface area is 261 Å². The van der Waals surface area contributed by atoms with E-state index in [0.29, 0.717) is 60.5 Å². The molecule has 11 heteroatoms. The van der Waals surface area contributed by atoms with Crippen molar-refractivity contribution in [2.24, 2.45) is 0 Å². The molecule has 1 atom stereocenters. The molecule has 0 spiro atoms. The number of hydrogen-bond donors (Lipinski definition) is 2. The van der Waals surface area contributed by atoms with Gasteiger partial charge >= 0.3 is 0 Å². The van der Waals surface area contributed by atoms with Crippen molar-refractivity contribution in [2.45, 2.75) is 32.0 Å². The Bertz CT molecular complexity index is 1620. The zero-order valence-corrected chi connectivity index (χ0v) is 25.1. The first-order valence-electron chi connectivity index (χ1n) is 15.2. The minimum atomic E-state index is -1.44. The lowest BCUT2D eigenvalue weighted by Crippen LogP contribution is -2.48. The third-order valence-electron chi connectivity index (χ3n) is 8.12. The second-order valence-electron chi connectivity index (χ2n) is 11.1. The lowest BCUT2D eigenvalue weighted by Gasteiger charge is -2.35. The maximum Gasteiger partial charge on any atom is 0.230 e. The van der Waals surface area contributed by atoms with Crippen LogP contribution < -0.4 is 15.0 Å². The van der Waals surface area contributed by atoms with Crippen LogP contribution in [0.2, 0.25) is 0 Å². The van der Waals surface area contributed by atoms with E-state index in [0.717, 1.165) is 37.3 Å². The number of carbonyl (C=O) groups excluding carboxylic acids is 2. The summed E-state index contributed by atoms with van der Waals surface area (Å²) in [5.74, 6) is 0.862. The van der Waals surface area contributed by atoms with Gasteiger partial charge in [0.15, 0.2) is 11.6 Å². The lowest BCUT2D eigenvalue weighted by molar-refractivity contribution is -0.129. The number of ketones is 1. The molecule has 0 radical (unpaired) electrons. The number of rotatable bonds is 9. The highest BCUT2D eigenvalue weighted by Crippen LogP contribution is 2.33. The molecule has 232 valence electrons. The van der Waals surface area contributed by atoms with E-state index in [-0.39, 0.29) is 12.0 Å². The van der Waals surface area contributed by atoms with E-state index in [1.165, 1.54) is 6.33 Å². The molecule has 3 aromatic carbocycles. The monoisotopic (exact) mass is 608 g/mol. The van der Waals surface area contributed by atoms with E-state index in [1.54, 1.807) is 43.3 Å². The largest absolute Gasteiger partial charge is 0.490 e. The molecule has 2 N–H and O–H groups in total. The van der Waals surface area contributed by atoms with Crippen LogP contribution in [-0.2, 0) is 9.53 Å². The number of ether oxygens (including phenoxy) is 2. The molecule has 3 heterocycles. The number of benzene rings is 3. The van der Waals surface area contributed by atoms with Crippen molar-refractivity contribution in [1.82, 2.24) is 19.9 Å². The number of nitrogens with one attached hydrogen (secondary N) is 1. The number of piperazine rings is 1. The minimum absolute atomic E-state index is 0.0770. The number of carbonyl (C=O) groups is 2. The second-order valence-corrected chi connectivity index (χ2v) is 11.1. The normalized spacial score (nSPS) is 16.2. The van der Waals surface area contributed by atoms with E-state index in [9.17, 15) is 14.7 Å². The summed E-state index contributed by atoms with van der Waals surface area (Å²) in [6, 6.07) is 22.0. The highest BCUT2D eigenvalue weighted by atomic mass is 16.5. The number of aliphatic hydroxyl groups excluding tert-OH is 1. The summed E-state index contributed by atoms with van der Waals surface area (Å²) in [5, 5.41) is 14.5. The van der Waals surface area contributed by atoms with Crippen molar-refractivity contribution in [3.63, 3.8) is 0 Å². The van der Waals surface area contributed by atoms with Gasteiger partial charge in [-0.05, 0) is 42.5 Å². The van der Waals surface area contributed by atoms with Gasteiger partial charge in [0.2, 0.25) is 11.9 Å². The third kappa shape index (κ3) is 7.27. The van der Waals surface area contributed by atoms with E-state index >= 15 is 0 Å². The zero-order chi connectivity index (χ0) is 31.2. The molecule has 0 aliphatic carbocycles. The van der Waals surface area contributed by atoms with E-state index < -0.39 is 11.9 Å². The zero-order valence-electron chi connectivity index (χ0n) is 25.1. The average Bonchev–Trinajstić information content (AvgIpc) is 3.09.